The Kier molecular flexibility index (Phi) is 10.5. The van der Waals surface area contributed by atoms with Gasteiger partial charge in [0.15, 0.2) is 0 Å². The Labute approximate surface area is 144 Å². The molecule has 134 valence electrons. The summed E-state index contributed by atoms with van der Waals surface area (Å²) in [5.74, 6) is -0.790. The van der Waals surface area contributed by atoms with Gasteiger partial charge in [0.25, 0.3) is 0 Å². The van der Waals surface area contributed by atoms with Gasteiger partial charge in [-0.15, -0.1) is 0 Å². The normalized spacial score (nSPS) is 10.4. The third-order valence-electron chi connectivity index (χ3n) is 3.61. The molecule has 0 aliphatic heterocycles. The van der Waals surface area contributed by atoms with Crippen molar-refractivity contribution < 1.29 is 23.8 Å². The molecule has 0 aliphatic carbocycles. The van der Waals surface area contributed by atoms with E-state index < -0.39 is 5.97 Å². The van der Waals surface area contributed by atoms with E-state index in [9.17, 15) is 9.59 Å². The molecule has 0 saturated carbocycles. The van der Waals surface area contributed by atoms with Gasteiger partial charge < -0.3 is 14.2 Å². The molecule has 0 unspecified atom stereocenters. The van der Waals surface area contributed by atoms with Gasteiger partial charge in [0, 0.05) is 7.11 Å². The molecule has 0 amide bonds. The maximum atomic E-state index is 11.9. The lowest BCUT2D eigenvalue weighted by atomic mass is 10.1. The number of hydrogen-bond acceptors (Lipinski definition) is 5. The van der Waals surface area contributed by atoms with Crippen molar-refractivity contribution in [2.45, 2.75) is 45.4 Å². The van der Waals surface area contributed by atoms with E-state index >= 15 is 0 Å². The summed E-state index contributed by atoms with van der Waals surface area (Å²) in [6.07, 6.45) is 6.89. The average molecular weight is 336 g/mol. The molecule has 0 radical (unpaired) electrons. The smallest absolute Gasteiger partial charge is 0.338 e. The predicted molar refractivity (Wildman–Crippen MR) is 92.3 cm³/mol. The van der Waals surface area contributed by atoms with Crippen LogP contribution in [0.5, 0.6) is 0 Å². The van der Waals surface area contributed by atoms with Crippen LogP contribution in [0.2, 0.25) is 0 Å². The topological polar surface area (TPSA) is 61.8 Å². The van der Waals surface area contributed by atoms with Gasteiger partial charge in [-0.3, -0.25) is 0 Å². The highest BCUT2D eigenvalue weighted by atomic mass is 16.6. The molecule has 5 heteroatoms. The summed E-state index contributed by atoms with van der Waals surface area (Å²) < 4.78 is 15.1. The molecule has 0 aromatic heterocycles. The van der Waals surface area contributed by atoms with Crippen LogP contribution in [0.15, 0.2) is 24.3 Å². The van der Waals surface area contributed by atoms with Crippen molar-refractivity contribution in [2.24, 2.45) is 0 Å². The quantitative estimate of drug-likeness (QED) is 0.426. The lowest BCUT2D eigenvalue weighted by Crippen LogP contribution is -2.11. The molecule has 0 spiro atoms. The Morgan fingerprint density at radius 3 is 1.79 bits per heavy atom. The van der Waals surface area contributed by atoms with E-state index in [1.165, 1.54) is 25.7 Å². The first-order valence-electron chi connectivity index (χ1n) is 8.62. The summed E-state index contributed by atoms with van der Waals surface area (Å²) in [4.78, 5) is 23.6. The van der Waals surface area contributed by atoms with Gasteiger partial charge in [-0.2, -0.15) is 0 Å². The zero-order valence-corrected chi connectivity index (χ0v) is 14.7. The third-order valence-corrected chi connectivity index (χ3v) is 3.61. The fraction of sp³-hybridized carbons (Fsp3) is 0.579. The molecular formula is C19H28O5. The number of methoxy groups -OCH3 is 1. The van der Waals surface area contributed by atoms with Gasteiger partial charge in [0.05, 0.1) is 24.3 Å². The highest BCUT2D eigenvalue weighted by molar-refractivity contribution is 5.93. The summed E-state index contributed by atoms with van der Waals surface area (Å²) in [7, 11) is 1.54. The second-order valence-corrected chi connectivity index (χ2v) is 5.61. The van der Waals surface area contributed by atoms with Crippen LogP contribution in [-0.2, 0) is 14.2 Å². The molecule has 1 aromatic rings. The minimum atomic E-state index is -0.431. The van der Waals surface area contributed by atoms with E-state index in [-0.39, 0.29) is 12.6 Å². The van der Waals surface area contributed by atoms with Crippen LogP contribution in [0.3, 0.4) is 0 Å². The van der Waals surface area contributed by atoms with E-state index in [4.69, 9.17) is 14.2 Å². The van der Waals surface area contributed by atoms with Crippen LogP contribution >= 0.6 is 0 Å². The molecule has 1 aromatic carbocycles. The first-order chi connectivity index (χ1) is 11.7. The molecule has 24 heavy (non-hydrogen) atoms. The fourth-order valence-corrected chi connectivity index (χ4v) is 2.17. The number of carbonyl (C=O) groups excluding carboxylic acids is 2. The lowest BCUT2D eigenvalue weighted by Gasteiger charge is -2.06. The van der Waals surface area contributed by atoms with Gasteiger partial charge in [0.1, 0.15) is 6.61 Å². The maximum absolute atomic E-state index is 11.9. The zero-order chi connectivity index (χ0) is 17.6. The molecule has 0 fully saturated rings. The van der Waals surface area contributed by atoms with Crippen molar-refractivity contribution in [2.75, 3.05) is 26.9 Å². The third kappa shape index (κ3) is 8.11. The Morgan fingerprint density at radius 1 is 0.750 bits per heavy atom. The Morgan fingerprint density at radius 2 is 1.25 bits per heavy atom. The van der Waals surface area contributed by atoms with Crippen LogP contribution in [-0.4, -0.2) is 38.9 Å². The van der Waals surface area contributed by atoms with E-state index in [1.54, 1.807) is 31.4 Å². The molecule has 0 N–H and O–H groups in total. The van der Waals surface area contributed by atoms with E-state index in [2.05, 4.69) is 6.92 Å². The van der Waals surface area contributed by atoms with Crippen molar-refractivity contribution in [1.82, 2.24) is 0 Å². The summed E-state index contributed by atoms with van der Waals surface area (Å²) in [6.45, 7) is 3.18. The van der Waals surface area contributed by atoms with Crippen molar-refractivity contribution in [1.29, 1.82) is 0 Å². The molecule has 0 saturated heterocycles. The minimum Gasteiger partial charge on any atom is -0.462 e. The Bertz CT molecular complexity index is 481. The van der Waals surface area contributed by atoms with Gasteiger partial charge >= 0.3 is 11.9 Å². The van der Waals surface area contributed by atoms with E-state index in [1.807, 2.05) is 0 Å². The molecular weight excluding hydrogens is 308 g/mol. The van der Waals surface area contributed by atoms with Crippen molar-refractivity contribution in [3.8, 4) is 0 Å². The number of esters is 2. The number of benzene rings is 1. The van der Waals surface area contributed by atoms with Crippen LogP contribution in [0, 0.1) is 0 Å². The zero-order valence-electron chi connectivity index (χ0n) is 14.7. The fourth-order valence-electron chi connectivity index (χ4n) is 2.17. The lowest BCUT2D eigenvalue weighted by molar-refractivity contribution is 0.0386. The number of ether oxygens (including phenoxy) is 3. The summed E-state index contributed by atoms with van der Waals surface area (Å²) in [5.41, 5.74) is 0.841. The van der Waals surface area contributed by atoms with Crippen LogP contribution in [0.4, 0.5) is 0 Å². The van der Waals surface area contributed by atoms with Crippen molar-refractivity contribution >= 4 is 11.9 Å². The second-order valence-electron chi connectivity index (χ2n) is 5.61. The Balaban J connectivity index is 2.29. The van der Waals surface area contributed by atoms with Gasteiger partial charge in [-0.05, 0) is 30.7 Å². The van der Waals surface area contributed by atoms with E-state index in [0.29, 0.717) is 24.3 Å². The van der Waals surface area contributed by atoms with Gasteiger partial charge in [-0.1, -0.05) is 39.0 Å². The van der Waals surface area contributed by atoms with Crippen molar-refractivity contribution in [3.63, 3.8) is 0 Å². The second kappa shape index (κ2) is 12.5. The largest absolute Gasteiger partial charge is 0.462 e. The molecule has 0 atom stereocenters. The Hall–Kier alpha value is -1.88. The molecule has 0 bridgehead atoms. The van der Waals surface area contributed by atoms with Crippen molar-refractivity contribution in [3.05, 3.63) is 35.4 Å². The highest BCUT2D eigenvalue weighted by Crippen LogP contribution is 2.09. The summed E-state index contributed by atoms with van der Waals surface area (Å²) in [6, 6.07) is 6.29. The minimum absolute atomic E-state index is 0.206. The molecule has 1 rings (SSSR count). The van der Waals surface area contributed by atoms with Crippen LogP contribution < -0.4 is 0 Å². The average Bonchev–Trinajstić information content (AvgIpc) is 2.61. The predicted octanol–water partition coefficient (Wildman–Crippen LogP) is 4.01. The number of hydrogen-bond donors (Lipinski definition) is 0. The number of unbranched alkanes of at least 4 members (excludes halogenated alkanes) is 5. The standard InChI is InChI=1S/C19H28O5/c1-3-4-5-6-7-8-13-23-18(20)16-9-11-17(12-10-16)19(21)24-15-14-22-2/h9-12H,3-8,13-15H2,1-2H3. The highest BCUT2D eigenvalue weighted by Gasteiger charge is 2.10. The van der Waals surface area contributed by atoms with Crippen LogP contribution in [0.25, 0.3) is 0 Å². The number of rotatable bonds is 12. The van der Waals surface area contributed by atoms with Gasteiger partial charge in [0.2, 0.25) is 0 Å². The first kappa shape index (κ1) is 20.2. The SMILES string of the molecule is CCCCCCCCOC(=O)c1ccc(C(=O)OCCOC)cc1. The van der Waals surface area contributed by atoms with E-state index in [0.717, 1.165) is 12.8 Å². The maximum Gasteiger partial charge on any atom is 0.338 e. The molecule has 0 heterocycles. The number of carbonyl (C=O) groups is 2. The molecule has 0 aliphatic rings. The molecule has 5 nitrogen and oxygen atoms in total. The summed E-state index contributed by atoms with van der Waals surface area (Å²) in [5, 5.41) is 0. The summed E-state index contributed by atoms with van der Waals surface area (Å²) >= 11 is 0. The monoisotopic (exact) mass is 336 g/mol. The first-order valence-corrected chi connectivity index (χ1v) is 8.62. The van der Waals surface area contributed by atoms with Crippen LogP contribution in [0.1, 0.15) is 66.2 Å². The van der Waals surface area contributed by atoms with Gasteiger partial charge in [-0.25, -0.2) is 9.59 Å².